The maximum atomic E-state index is 14.5. The van der Waals surface area contributed by atoms with Crippen LogP contribution >= 0.6 is 11.7 Å². The number of benzene rings is 1. The second-order valence-corrected chi connectivity index (χ2v) is 7.37. The van der Waals surface area contributed by atoms with Gasteiger partial charge in [-0.1, -0.05) is 41.5 Å². The van der Waals surface area contributed by atoms with E-state index in [1.54, 1.807) is 0 Å². The van der Waals surface area contributed by atoms with Gasteiger partial charge in [-0.3, -0.25) is 0 Å². The van der Waals surface area contributed by atoms with E-state index in [0.717, 1.165) is 11.7 Å². The molecule has 0 bridgehead atoms. The molecule has 5 heteroatoms. The number of hydrogen-bond acceptors (Lipinski definition) is 3. The third-order valence-electron chi connectivity index (χ3n) is 3.09. The lowest BCUT2D eigenvalue weighted by Gasteiger charge is -2.25. The van der Waals surface area contributed by atoms with E-state index in [4.69, 9.17) is 0 Å². The van der Waals surface area contributed by atoms with Crippen LogP contribution < -0.4 is 0 Å². The molecule has 104 valence electrons. The lowest BCUT2D eigenvalue weighted by atomic mass is 9.80. The van der Waals surface area contributed by atoms with E-state index >= 15 is 0 Å². The van der Waals surface area contributed by atoms with Crippen molar-refractivity contribution >= 4 is 22.8 Å². The second kappa shape index (κ2) is 4.20. The number of nitrogens with zero attached hydrogens (tertiary/aromatic N) is 2. The van der Waals surface area contributed by atoms with Gasteiger partial charge in [-0.25, -0.2) is 8.78 Å². The predicted molar refractivity (Wildman–Crippen MR) is 74.7 cm³/mol. The molecule has 0 aliphatic heterocycles. The van der Waals surface area contributed by atoms with E-state index in [9.17, 15) is 8.78 Å². The SMILES string of the molecule is CC(C)(C)c1c(F)c(F)c(C(C)(C)C)c2nsnc12. The van der Waals surface area contributed by atoms with E-state index in [0.29, 0.717) is 22.2 Å². The van der Waals surface area contributed by atoms with Crippen LogP contribution in [0.15, 0.2) is 0 Å². The topological polar surface area (TPSA) is 25.8 Å². The quantitative estimate of drug-likeness (QED) is 0.708. The highest BCUT2D eigenvalue weighted by Gasteiger charge is 2.33. The first kappa shape index (κ1) is 14.3. The maximum Gasteiger partial charge on any atom is 0.165 e. The average molecular weight is 284 g/mol. The minimum Gasteiger partial charge on any atom is -0.203 e. The van der Waals surface area contributed by atoms with Crippen molar-refractivity contribution in [3.8, 4) is 0 Å². The molecule has 0 atom stereocenters. The van der Waals surface area contributed by atoms with Gasteiger partial charge >= 0.3 is 0 Å². The molecule has 0 aliphatic carbocycles. The molecule has 0 N–H and O–H groups in total. The van der Waals surface area contributed by atoms with Gasteiger partial charge < -0.3 is 0 Å². The van der Waals surface area contributed by atoms with Crippen molar-refractivity contribution in [2.24, 2.45) is 0 Å². The van der Waals surface area contributed by atoms with Crippen molar-refractivity contribution in [2.75, 3.05) is 0 Å². The largest absolute Gasteiger partial charge is 0.203 e. The molecule has 2 rings (SSSR count). The van der Waals surface area contributed by atoms with Gasteiger partial charge in [0.05, 0.1) is 11.7 Å². The minimum absolute atomic E-state index is 0.307. The first-order valence-corrected chi connectivity index (χ1v) is 6.92. The number of fused-ring (bicyclic) bond motifs is 1. The molecular formula is C14H18F2N2S. The average Bonchev–Trinajstić information content (AvgIpc) is 2.62. The molecule has 0 fully saturated rings. The zero-order valence-corrected chi connectivity index (χ0v) is 12.9. The summed E-state index contributed by atoms with van der Waals surface area (Å²) in [6.07, 6.45) is 0. The predicted octanol–water partition coefficient (Wildman–Crippen LogP) is 4.56. The summed E-state index contributed by atoms with van der Waals surface area (Å²) in [7, 11) is 0. The van der Waals surface area contributed by atoms with Gasteiger partial charge in [-0.05, 0) is 10.8 Å². The Morgan fingerprint density at radius 1 is 0.737 bits per heavy atom. The number of hydrogen-bond donors (Lipinski definition) is 0. The molecule has 0 amide bonds. The van der Waals surface area contributed by atoms with Crippen LogP contribution in [0.5, 0.6) is 0 Å². The Labute approximate surface area is 116 Å². The summed E-state index contributed by atoms with van der Waals surface area (Å²) in [6, 6.07) is 0. The zero-order chi connectivity index (χ0) is 14.6. The van der Waals surface area contributed by atoms with Gasteiger partial charge in [0.25, 0.3) is 0 Å². The Hall–Kier alpha value is -1.10. The molecule has 1 aromatic heterocycles. The highest BCUT2D eigenvalue weighted by Crippen LogP contribution is 2.39. The molecule has 19 heavy (non-hydrogen) atoms. The smallest absolute Gasteiger partial charge is 0.165 e. The third kappa shape index (κ3) is 2.24. The van der Waals surface area contributed by atoms with Crippen LogP contribution in [0.4, 0.5) is 8.78 Å². The first-order chi connectivity index (χ1) is 8.55. The summed E-state index contributed by atoms with van der Waals surface area (Å²) < 4.78 is 37.3. The van der Waals surface area contributed by atoms with Crippen LogP contribution in [0.25, 0.3) is 11.0 Å². The van der Waals surface area contributed by atoms with Crippen LogP contribution in [0.3, 0.4) is 0 Å². The lowest BCUT2D eigenvalue weighted by Crippen LogP contribution is -2.21. The normalized spacial score (nSPS) is 13.3. The van der Waals surface area contributed by atoms with E-state index in [2.05, 4.69) is 8.75 Å². The second-order valence-electron chi connectivity index (χ2n) is 6.84. The highest BCUT2D eigenvalue weighted by molar-refractivity contribution is 7.00. The van der Waals surface area contributed by atoms with Gasteiger partial charge in [0.2, 0.25) is 0 Å². The molecule has 0 unspecified atom stereocenters. The van der Waals surface area contributed by atoms with Gasteiger partial charge in [-0.2, -0.15) is 8.75 Å². The van der Waals surface area contributed by atoms with E-state index in [1.165, 1.54) is 0 Å². The molecule has 1 aromatic carbocycles. The molecule has 0 saturated heterocycles. The van der Waals surface area contributed by atoms with Crippen molar-refractivity contribution in [1.82, 2.24) is 8.75 Å². The monoisotopic (exact) mass is 284 g/mol. The third-order valence-corrected chi connectivity index (χ3v) is 3.62. The summed E-state index contributed by atoms with van der Waals surface area (Å²) in [6.45, 7) is 11.1. The fourth-order valence-electron chi connectivity index (χ4n) is 2.31. The molecule has 0 radical (unpaired) electrons. The zero-order valence-electron chi connectivity index (χ0n) is 12.1. The summed E-state index contributed by atoms with van der Waals surface area (Å²) in [4.78, 5) is 0. The Balaban J connectivity index is 2.99. The summed E-state index contributed by atoms with van der Waals surface area (Å²) in [5, 5.41) is 0. The van der Waals surface area contributed by atoms with Crippen molar-refractivity contribution in [3.63, 3.8) is 0 Å². The van der Waals surface area contributed by atoms with Crippen LogP contribution in [0, 0.1) is 11.6 Å². The van der Waals surface area contributed by atoms with Crippen molar-refractivity contribution in [3.05, 3.63) is 22.8 Å². The molecule has 1 heterocycles. The Kier molecular flexibility index (Phi) is 3.16. The molecular weight excluding hydrogens is 266 g/mol. The van der Waals surface area contributed by atoms with Gasteiger partial charge in [0, 0.05) is 11.1 Å². The van der Waals surface area contributed by atoms with Gasteiger partial charge in [0.15, 0.2) is 11.6 Å². The summed E-state index contributed by atoms with van der Waals surface area (Å²) in [5.41, 5.74) is 0.552. The molecule has 2 aromatic rings. The number of rotatable bonds is 0. The van der Waals surface area contributed by atoms with E-state index < -0.39 is 22.5 Å². The highest BCUT2D eigenvalue weighted by atomic mass is 32.1. The van der Waals surface area contributed by atoms with Gasteiger partial charge in [-0.15, -0.1) is 0 Å². The summed E-state index contributed by atoms with van der Waals surface area (Å²) in [5.74, 6) is -1.59. The minimum atomic E-state index is -0.794. The van der Waals surface area contributed by atoms with Crippen molar-refractivity contribution in [2.45, 2.75) is 52.4 Å². The number of halogens is 2. The summed E-state index contributed by atoms with van der Waals surface area (Å²) >= 11 is 0.997. The van der Waals surface area contributed by atoms with Crippen molar-refractivity contribution in [1.29, 1.82) is 0 Å². The van der Waals surface area contributed by atoms with Crippen LogP contribution in [-0.2, 0) is 10.8 Å². The van der Waals surface area contributed by atoms with Crippen LogP contribution in [0.2, 0.25) is 0 Å². The Morgan fingerprint density at radius 3 is 1.32 bits per heavy atom. The Bertz CT molecular complexity index is 579. The van der Waals surface area contributed by atoms with Crippen LogP contribution in [0.1, 0.15) is 52.7 Å². The fraction of sp³-hybridized carbons (Fsp3) is 0.571. The molecule has 2 nitrogen and oxygen atoms in total. The standard InChI is InChI=1S/C14H18F2N2S/c1-13(2,3)7-9(15)10(16)8(14(4,5)6)12-11(7)17-19-18-12/h1-6H3. The van der Waals surface area contributed by atoms with Gasteiger partial charge in [0.1, 0.15) is 11.0 Å². The molecule has 0 aliphatic rings. The first-order valence-electron chi connectivity index (χ1n) is 6.19. The molecule has 0 spiro atoms. The van der Waals surface area contributed by atoms with E-state index in [1.807, 2.05) is 41.5 Å². The van der Waals surface area contributed by atoms with E-state index in [-0.39, 0.29) is 0 Å². The fourth-order valence-corrected chi connectivity index (χ4v) is 2.87. The molecule has 0 saturated carbocycles. The number of aromatic nitrogens is 2. The maximum absolute atomic E-state index is 14.5. The van der Waals surface area contributed by atoms with Crippen LogP contribution in [-0.4, -0.2) is 8.75 Å². The lowest BCUT2D eigenvalue weighted by molar-refractivity contribution is 0.443. The van der Waals surface area contributed by atoms with Crippen molar-refractivity contribution < 1.29 is 8.78 Å². The Morgan fingerprint density at radius 2 is 1.05 bits per heavy atom.